The lowest BCUT2D eigenvalue weighted by atomic mass is 10.1. The van der Waals surface area contributed by atoms with Crippen molar-refractivity contribution in [1.29, 1.82) is 0 Å². The molecule has 20 heavy (non-hydrogen) atoms. The van der Waals surface area contributed by atoms with Crippen molar-refractivity contribution >= 4 is 22.6 Å². The summed E-state index contributed by atoms with van der Waals surface area (Å²) in [5.74, 6) is 0. The molecule has 2 aliphatic heterocycles. The van der Waals surface area contributed by atoms with Gasteiger partial charge in [0.2, 0.25) is 5.28 Å². The molecule has 0 bridgehead atoms. The van der Waals surface area contributed by atoms with Crippen molar-refractivity contribution in [3.8, 4) is 0 Å². The number of halogens is 1. The van der Waals surface area contributed by atoms with E-state index in [1.807, 2.05) is 0 Å². The summed E-state index contributed by atoms with van der Waals surface area (Å²) in [6, 6.07) is 2.13. The minimum atomic E-state index is -0.315. The summed E-state index contributed by atoms with van der Waals surface area (Å²) in [5.41, 5.74) is 1.76. The maximum absolute atomic E-state index is 5.95. The fourth-order valence-electron chi connectivity index (χ4n) is 3.03. The second kappa shape index (κ2) is 4.69. The normalized spacial score (nSPS) is 26.6. The highest BCUT2D eigenvalue weighted by Crippen LogP contribution is 2.39. The van der Waals surface area contributed by atoms with Crippen LogP contribution in [-0.2, 0) is 17.0 Å². The van der Waals surface area contributed by atoms with Crippen LogP contribution in [0, 0.1) is 0 Å². The van der Waals surface area contributed by atoms with Crippen molar-refractivity contribution in [1.82, 2.24) is 19.9 Å². The molecular weight excluding hydrogens is 276 g/mol. The van der Waals surface area contributed by atoms with Crippen LogP contribution in [0.15, 0.2) is 12.3 Å². The van der Waals surface area contributed by atoms with Crippen LogP contribution in [-0.4, -0.2) is 27.7 Å². The minimum absolute atomic E-state index is 0.300. The molecule has 5 nitrogen and oxygen atoms in total. The van der Waals surface area contributed by atoms with Crippen LogP contribution >= 0.6 is 11.6 Å². The maximum Gasteiger partial charge on any atom is 0.224 e. The highest BCUT2D eigenvalue weighted by atomic mass is 35.5. The number of rotatable bonds is 0. The zero-order valence-electron chi connectivity index (χ0n) is 11.2. The van der Waals surface area contributed by atoms with E-state index >= 15 is 0 Å². The highest BCUT2D eigenvalue weighted by Gasteiger charge is 2.49. The van der Waals surface area contributed by atoms with Crippen LogP contribution in [0.5, 0.6) is 0 Å². The standard InChI is InChI=1S/C14H17ClN4O/c15-13-16-8-10-7-11-14(9-20-14)17-5-3-1-2-4-6-19(11)12(10)18-13/h7-8,17H,1-6,9H2. The second-order valence-corrected chi connectivity index (χ2v) is 5.89. The molecule has 6 heteroatoms. The maximum atomic E-state index is 5.95. The molecule has 0 aliphatic carbocycles. The first-order chi connectivity index (χ1) is 9.78. The van der Waals surface area contributed by atoms with E-state index in [0.29, 0.717) is 5.28 Å². The van der Waals surface area contributed by atoms with Crippen molar-refractivity contribution in [3.63, 3.8) is 0 Å². The van der Waals surface area contributed by atoms with Crippen LogP contribution in [0.2, 0.25) is 5.28 Å². The first-order valence-corrected chi connectivity index (χ1v) is 7.58. The number of epoxide rings is 1. The largest absolute Gasteiger partial charge is 0.347 e. The zero-order valence-corrected chi connectivity index (χ0v) is 12.0. The van der Waals surface area contributed by atoms with E-state index in [2.05, 4.69) is 25.9 Å². The van der Waals surface area contributed by atoms with E-state index in [1.165, 1.54) is 19.3 Å². The Bertz CT molecular complexity index is 650. The summed E-state index contributed by atoms with van der Waals surface area (Å²) in [6.45, 7) is 2.68. The summed E-state index contributed by atoms with van der Waals surface area (Å²) in [4.78, 5) is 8.49. The molecular formula is C14H17ClN4O. The van der Waals surface area contributed by atoms with Crippen LogP contribution in [0.25, 0.3) is 11.0 Å². The fraction of sp³-hybridized carbons (Fsp3) is 0.571. The number of aromatic nitrogens is 3. The van der Waals surface area contributed by atoms with Gasteiger partial charge in [-0.3, -0.25) is 5.32 Å². The van der Waals surface area contributed by atoms with Crippen LogP contribution in [0.4, 0.5) is 0 Å². The Morgan fingerprint density at radius 3 is 3.00 bits per heavy atom. The number of hydrogen-bond donors (Lipinski definition) is 1. The lowest BCUT2D eigenvalue weighted by molar-refractivity contribution is 0.242. The fourth-order valence-corrected chi connectivity index (χ4v) is 3.16. The molecule has 1 unspecified atom stereocenters. The van der Waals surface area contributed by atoms with E-state index in [4.69, 9.17) is 16.3 Å². The third kappa shape index (κ3) is 2.01. The molecule has 106 valence electrons. The number of hydrogen-bond acceptors (Lipinski definition) is 4. The van der Waals surface area contributed by atoms with Gasteiger partial charge in [-0.15, -0.1) is 0 Å². The molecule has 2 aromatic heterocycles. The molecule has 2 aliphatic rings. The molecule has 0 amide bonds. The van der Waals surface area contributed by atoms with Gasteiger partial charge in [-0.2, -0.15) is 4.98 Å². The van der Waals surface area contributed by atoms with Gasteiger partial charge in [-0.25, -0.2) is 4.98 Å². The summed E-state index contributed by atoms with van der Waals surface area (Å²) < 4.78 is 7.99. The smallest absolute Gasteiger partial charge is 0.224 e. The Labute approximate surface area is 122 Å². The van der Waals surface area contributed by atoms with Gasteiger partial charge in [0.15, 0.2) is 5.72 Å². The quantitative estimate of drug-likeness (QED) is 0.598. The number of nitrogens with one attached hydrogen (secondary N) is 1. The van der Waals surface area contributed by atoms with E-state index in [0.717, 1.165) is 42.8 Å². The Hall–Kier alpha value is -1.17. The highest BCUT2D eigenvalue weighted by molar-refractivity contribution is 6.28. The lowest BCUT2D eigenvalue weighted by Gasteiger charge is -2.19. The SMILES string of the molecule is Clc1ncc2cc3n(c2n1)CCCCCCNC31CO1. The van der Waals surface area contributed by atoms with Crippen molar-refractivity contribution in [2.24, 2.45) is 0 Å². The van der Waals surface area contributed by atoms with Gasteiger partial charge in [0.25, 0.3) is 0 Å². The molecule has 1 spiro atoms. The first kappa shape index (κ1) is 12.6. The van der Waals surface area contributed by atoms with Gasteiger partial charge >= 0.3 is 0 Å². The Morgan fingerprint density at radius 1 is 1.30 bits per heavy atom. The van der Waals surface area contributed by atoms with E-state index in [1.54, 1.807) is 6.20 Å². The summed E-state index contributed by atoms with van der Waals surface area (Å²) >= 11 is 5.95. The third-order valence-electron chi connectivity index (χ3n) is 4.17. The molecule has 2 aromatic rings. The average Bonchev–Trinajstić information content (AvgIpc) is 3.14. The molecule has 4 heterocycles. The monoisotopic (exact) mass is 292 g/mol. The van der Waals surface area contributed by atoms with Crippen molar-refractivity contribution < 1.29 is 4.74 Å². The van der Waals surface area contributed by atoms with Gasteiger partial charge in [0, 0.05) is 18.1 Å². The first-order valence-electron chi connectivity index (χ1n) is 7.20. The molecule has 1 N–H and O–H groups in total. The summed E-state index contributed by atoms with van der Waals surface area (Å²) in [7, 11) is 0. The van der Waals surface area contributed by atoms with Crippen molar-refractivity contribution in [2.45, 2.75) is 38.0 Å². The van der Waals surface area contributed by atoms with Crippen molar-refractivity contribution in [3.05, 3.63) is 23.2 Å². The van der Waals surface area contributed by atoms with E-state index in [9.17, 15) is 0 Å². The van der Waals surface area contributed by atoms with Gasteiger partial charge in [0.1, 0.15) is 5.65 Å². The average molecular weight is 293 g/mol. The summed E-state index contributed by atoms with van der Waals surface area (Å²) in [6.07, 6.45) is 6.66. The van der Waals surface area contributed by atoms with Crippen LogP contribution < -0.4 is 5.32 Å². The van der Waals surface area contributed by atoms with Gasteiger partial charge in [0.05, 0.1) is 12.3 Å². The predicted molar refractivity (Wildman–Crippen MR) is 76.6 cm³/mol. The van der Waals surface area contributed by atoms with Crippen molar-refractivity contribution in [2.75, 3.05) is 13.2 Å². The van der Waals surface area contributed by atoms with E-state index in [-0.39, 0.29) is 5.72 Å². The van der Waals surface area contributed by atoms with Crippen LogP contribution in [0.1, 0.15) is 31.4 Å². The lowest BCUT2D eigenvalue weighted by Crippen LogP contribution is -2.34. The molecule has 0 aromatic carbocycles. The second-order valence-electron chi connectivity index (χ2n) is 5.56. The minimum Gasteiger partial charge on any atom is -0.347 e. The Kier molecular flexibility index (Phi) is 2.94. The van der Waals surface area contributed by atoms with Gasteiger partial charge < -0.3 is 9.30 Å². The van der Waals surface area contributed by atoms with Gasteiger partial charge in [-0.1, -0.05) is 12.8 Å². The molecule has 0 radical (unpaired) electrons. The molecule has 0 saturated carbocycles. The Morgan fingerprint density at radius 2 is 2.15 bits per heavy atom. The molecule has 1 fully saturated rings. The Balaban J connectivity index is 1.87. The van der Waals surface area contributed by atoms with Crippen LogP contribution in [0.3, 0.4) is 0 Å². The zero-order chi connectivity index (χ0) is 13.6. The number of nitrogens with zero attached hydrogens (tertiary/aromatic N) is 3. The predicted octanol–water partition coefficient (Wildman–Crippen LogP) is 2.43. The van der Waals surface area contributed by atoms with Gasteiger partial charge in [-0.05, 0) is 37.1 Å². The summed E-state index contributed by atoms with van der Waals surface area (Å²) in [5, 5.41) is 4.88. The number of fused-ring (bicyclic) bond motifs is 4. The molecule has 4 rings (SSSR count). The number of aryl methyl sites for hydroxylation is 1. The third-order valence-corrected chi connectivity index (χ3v) is 4.35. The molecule has 1 saturated heterocycles. The van der Waals surface area contributed by atoms with E-state index < -0.39 is 0 Å². The number of ether oxygens (including phenoxy) is 1. The topological polar surface area (TPSA) is 55.3 Å². The molecule has 1 atom stereocenters.